The molecule has 1 aliphatic heterocycles. The molecule has 4 nitrogen and oxygen atoms in total. The number of aromatic nitrogens is 1. The highest BCUT2D eigenvalue weighted by Gasteiger charge is 2.17. The maximum absolute atomic E-state index is 11.0. The van der Waals surface area contributed by atoms with Crippen molar-refractivity contribution in [3.8, 4) is 0 Å². The Morgan fingerprint density at radius 3 is 3.23 bits per heavy atom. The highest BCUT2D eigenvalue weighted by atomic mass is 32.1. The van der Waals surface area contributed by atoms with Crippen molar-refractivity contribution in [3.05, 3.63) is 23.3 Å². The van der Waals surface area contributed by atoms with Gasteiger partial charge in [0.15, 0.2) is 5.13 Å². The summed E-state index contributed by atoms with van der Waals surface area (Å²) in [5, 5.41) is 5.59. The van der Waals surface area contributed by atoms with E-state index >= 15 is 0 Å². The van der Waals surface area contributed by atoms with Crippen LogP contribution in [0.15, 0.2) is 23.3 Å². The minimum Gasteiger partial charge on any atom is -0.462 e. The summed E-state index contributed by atoms with van der Waals surface area (Å²) in [5.74, 6) is -0.232. The van der Waals surface area contributed by atoms with Crippen LogP contribution in [0.3, 0.4) is 0 Å². The average molecular weight is 196 g/mol. The second-order valence-electron chi connectivity index (χ2n) is 2.54. The average Bonchev–Trinajstić information content (AvgIpc) is 2.72. The second kappa shape index (κ2) is 3.57. The Bertz CT molecular complexity index is 332. The van der Waals surface area contributed by atoms with Gasteiger partial charge in [-0.05, 0) is 0 Å². The summed E-state index contributed by atoms with van der Waals surface area (Å²) in [4.78, 5) is 15.0. The van der Waals surface area contributed by atoms with Crippen molar-refractivity contribution in [1.82, 2.24) is 4.98 Å². The molecule has 0 spiro atoms. The van der Waals surface area contributed by atoms with E-state index in [0.717, 1.165) is 5.13 Å². The summed E-state index contributed by atoms with van der Waals surface area (Å²) >= 11 is 1.49. The fraction of sp³-hybridized carbons (Fsp3) is 0.250. The lowest BCUT2D eigenvalue weighted by Gasteiger charge is -1.94. The molecular weight excluding hydrogens is 188 g/mol. The number of ether oxygens (including phenoxy) is 1. The van der Waals surface area contributed by atoms with Crippen LogP contribution in [0, 0.1) is 0 Å². The van der Waals surface area contributed by atoms with Gasteiger partial charge < -0.3 is 10.1 Å². The predicted molar refractivity (Wildman–Crippen MR) is 49.4 cm³/mol. The Morgan fingerprint density at radius 2 is 2.62 bits per heavy atom. The normalized spacial score (nSPS) is 19.1. The van der Waals surface area contributed by atoms with Gasteiger partial charge in [0, 0.05) is 24.2 Å². The van der Waals surface area contributed by atoms with E-state index in [9.17, 15) is 4.79 Å². The van der Waals surface area contributed by atoms with Gasteiger partial charge in [0.25, 0.3) is 0 Å². The Kier molecular flexibility index (Phi) is 2.27. The Labute approximate surface area is 79.2 Å². The fourth-order valence-electron chi connectivity index (χ4n) is 1.02. The van der Waals surface area contributed by atoms with Crippen molar-refractivity contribution in [1.29, 1.82) is 0 Å². The second-order valence-corrected chi connectivity index (χ2v) is 3.43. The third-order valence-corrected chi connectivity index (χ3v) is 2.37. The maximum atomic E-state index is 11.0. The molecule has 1 aliphatic rings. The molecule has 13 heavy (non-hydrogen) atoms. The molecule has 1 fully saturated rings. The smallest absolute Gasteiger partial charge is 0.335 e. The SMILES string of the molecule is O=C1OCC/C1=C\Nc1nccs1. The molecule has 1 aromatic heterocycles. The van der Waals surface area contributed by atoms with Gasteiger partial charge in [0.2, 0.25) is 0 Å². The van der Waals surface area contributed by atoms with Crippen LogP contribution >= 0.6 is 11.3 Å². The van der Waals surface area contributed by atoms with Crippen LogP contribution in [0.2, 0.25) is 0 Å². The van der Waals surface area contributed by atoms with Crippen LogP contribution in [0.4, 0.5) is 5.13 Å². The van der Waals surface area contributed by atoms with Crippen molar-refractivity contribution in [2.75, 3.05) is 11.9 Å². The highest BCUT2D eigenvalue weighted by Crippen LogP contribution is 2.15. The predicted octanol–water partition coefficient (Wildman–Crippen LogP) is 1.39. The van der Waals surface area contributed by atoms with Crippen molar-refractivity contribution < 1.29 is 9.53 Å². The fourth-order valence-corrected chi connectivity index (χ4v) is 1.52. The van der Waals surface area contributed by atoms with E-state index in [0.29, 0.717) is 18.6 Å². The third kappa shape index (κ3) is 1.86. The largest absolute Gasteiger partial charge is 0.462 e. The number of hydrogen-bond acceptors (Lipinski definition) is 5. The van der Waals surface area contributed by atoms with Gasteiger partial charge >= 0.3 is 5.97 Å². The number of rotatable bonds is 2. The summed E-state index contributed by atoms with van der Waals surface area (Å²) in [6.07, 6.45) is 4.05. The number of nitrogens with zero attached hydrogens (tertiary/aromatic N) is 1. The summed E-state index contributed by atoms with van der Waals surface area (Å²) in [6, 6.07) is 0. The molecule has 0 bridgehead atoms. The van der Waals surface area contributed by atoms with Gasteiger partial charge in [-0.25, -0.2) is 9.78 Å². The number of cyclic esters (lactones) is 1. The summed E-state index contributed by atoms with van der Waals surface area (Å²) < 4.78 is 4.77. The zero-order chi connectivity index (χ0) is 9.10. The molecule has 0 amide bonds. The lowest BCUT2D eigenvalue weighted by Crippen LogP contribution is -1.97. The van der Waals surface area contributed by atoms with E-state index < -0.39 is 0 Å². The zero-order valence-corrected chi connectivity index (χ0v) is 7.63. The number of esters is 1. The lowest BCUT2D eigenvalue weighted by molar-refractivity contribution is -0.135. The molecule has 0 atom stereocenters. The lowest BCUT2D eigenvalue weighted by atomic mass is 10.2. The minimum absolute atomic E-state index is 0.232. The highest BCUT2D eigenvalue weighted by molar-refractivity contribution is 7.13. The number of hydrogen-bond donors (Lipinski definition) is 1. The summed E-state index contributed by atoms with van der Waals surface area (Å²) in [7, 11) is 0. The molecule has 0 radical (unpaired) electrons. The number of carbonyl (C=O) groups is 1. The molecule has 0 aliphatic carbocycles. The van der Waals surface area contributed by atoms with Crippen LogP contribution in [0.5, 0.6) is 0 Å². The van der Waals surface area contributed by atoms with Gasteiger partial charge in [-0.15, -0.1) is 11.3 Å². The Hall–Kier alpha value is -1.36. The topological polar surface area (TPSA) is 51.2 Å². The number of nitrogens with one attached hydrogen (secondary N) is 1. The molecule has 1 N–H and O–H groups in total. The maximum Gasteiger partial charge on any atom is 0.335 e. The first-order valence-corrected chi connectivity index (χ1v) is 4.76. The molecule has 0 aromatic carbocycles. The zero-order valence-electron chi connectivity index (χ0n) is 6.82. The van der Waals surface area contributed by atoms with Crippen LogP contribution in [-0.4, -0.2) is 17.6 Å². The number of anilines is 1. The standard InChI is InChI=1S/C8H8N2O2S/c11-7-6(1-3-12-7)5-10-8-9-2-4-13-8/h2,4-5H,1,3H2,(H,9,10)/b6-5+. The van der Waals surface area contributed by atoms with Crippen molar-refractivity contribution >= 4 is 22.4 Å². The minimum atomic E-state index is -0.232. The van der Waals surface area contributed by atoms with Crippen LogP contribution in [0.1, 0.15) is 6.42 Å². The third-order valence-electron chi connectivity index (χ3n) is 1.67. The van der Waals surface area contributed by atoms with Gasteiger partial charge in [-0.2, -0.15) is 0 Å². The molecule has 1 saturated heterocycles. The first kappa shape index (κ1) is 8.25. The van der Waals surface area contributed by atoms with E-state index in [1.54, 1.807) is 12.4 Å². The first-order chi connectivity index (χ1) is 6.36. The molecule has 0 unspecified atom stereocenters. The van der Waals surface area contributed by atoms with E-state index in [1.807, 2.05) is 5.38 Å². The Morgan fingerprint density at radius 1 is 1.69 bits per heavy atom. The quantitative estimate of drug-likeness (QED) is 0.573. The van der Waals surface area contributed by atoms with Crippen LogP contribution in [-0.2, 0) is 9.53 Å². The van der Waals surface area contributed by atoms with Gasteiger partial charge in [0.05, 0.1) is 12.2 Å². The van der Waals surface area contributed by atoms with Gasteiger partial charge in [-0.1, -0.05) is 0 Å². The van der Waals surface area contributed by atoms with Crippen molar-refractivity contribution in [2.24, 2.45) is 0 Å². The van der Waals surface area contributed by atoms with Crippen molar-refractivity contribution in [3.63, 3.8) is 0 Å². The number of thiazole rings is 1. The molecule has 2 rings (SSSR count). The monoisotopic (exact) mass is 196 g/mol. The molecular formula is C8H8N2O2S. The van der Waals surface area contributed by atoms with E-state index in [4.69, 9.17) is 4.74 Å². The van der Waals surface area contributed by atoms with Gasteiger partial charge in [-0.3, -0.25) is 0 Å². The molecule has 1 aromatic rings. The molecule has 2 heterocycles. The Balaban J connectivity index is 2.01. The van der Waals surface area contributed by atoms with E-state index in [-0.39, 0.29) is 5.97 Å². The molecule has 68 valence electrons. The van der Waals surface area contributed by atoms with Crippen LogP contribution in [0.25, 0.3) is 0 Å². The van der Waals surface area contributed by atoms with E-state index in [2.05, 4.69) is 10.3 Å². The van der Waals surface area contributed by atoms with Crippen LogP contribution < -0.4 is 5.32 Å². The number of carbonyl (C=O) groups excluding carboxylic acids is 1. The van der Waals surface area contributed by atoms with Crippen molar-refractivity contribution in [2.45, 2.75) is 6.42 Å². The summed E-state index contributed by atoms with van der Waals surface area (Å²) in [5.41, 5.74) is 0.676. The first-order valence-electron chi connectivity index (χ1n) is 3.88. The molecule has 5 heteroatoms. The van der Waals surface area contributed by atoms with Gasteiger partial charge in [0.1, 0.15) is 0 Å². The van der Waals surface area contributed by atoms with E-state index in [1.165, 1.54) is 11.3 Å². The molecule has 0 saturated carbocycles. The summed E-state index contributed by atoms with van der Waals surface area (Å²) in [6.45, 7) is 0.490.